The highest BCUT2D eigenvalue weighted by Gasteiger charge is 2.30. The number of alkyl halides is 3. The summed E-state index contributed by atoms with van der Waals surface area (Å²) in [7, 11) is 0. The first-order valence-corrected chi connectivity index (χ1v) is 9.87. The van der Waals surface area contributed by atoms with Crippen molar-refractivity contribution in [1.29, 1.82) is 0 Å². The maximum Gasteiger partial charge on any atom is 0.416 e. The van der Waals surface area contributed by atoms with Crippen LogP contribution in [-0.2, 0) is 6.18 Å². The van der Waals surface area contributed by atoms with Gasteiger partial charge in [0.1, 0.15) is 11.5 Å². The third-order valence-electron chi connectivity index (χ3n) is 4.90. The van der Waals surface area contributed by atoms with Crippen LogP contribution in [0.25, 0.3) is 0 Å². The van der Waals surface area contributed by atoms with Gasteiger partial charge >= 0.3 is 6.18 Å². The van der Waals surface area contributed by atoms with Crippen molar-refractivity contribution < 1.29 is 22.7 Å². The molecule has 2 aromatic rings. The third-order valence-corrected chi connectivity index (χ3v) is 4.90. The summed E-state index contributed by atoms with van der Waals surface area (Å²) >= 11 is 0. The second-order valence-electron chi connectivity index (χ2n) is 7.16. The Bertz CT molecular complexity index is 800. The summed E-state index contributed by atoms with van der Waals surface area (Å²) in [5.41, 5.74) is -0.282. The zero-order chi connectivity index (χ0) is 20.7. The van der Waals surface area contributed by atoms with Gasteiger partial charge in [-0.1, -0.05) is 12.5 Å². The van der Waals surface area contributed by atoms with Crippen molar-refractivity contribution in [2.45, 2.75) is 31.9 Å². The van der Waals surface area contributed by atoms with E-state index in [1.165, 1.54) is 31.4 Å². The van der Waals surface area contributed by atoms with E-state index in [1.807, 2.05) is 0 Å². The Kier molecular flexibility index (Phi) is 7.14. The second kappa shape index (κ2) is 9.78. The van der Waals surface area contributed by atoms with Gasteiger partial charge in [0.15, 0.2) is 0 Å². The van der Waals surface area contributed by atoms with Gasteiger partial charge in [-0.2, -0.15) is 13.2 Å². The molecule has 0 aliphatic carbocycles. The fourth-order valence-corrected chi connectivity index (χ4v) is 3.34. The Hall–Kier alpha value is -2.54. The average Bonchev–Trinajstić information content (AvgIpc) is 2.72. The summed E-state index contributed by atoms with van der Waals surface area (Å²) in [6.45, 7) is 3.85. The molecule has 1 amide bonds. The maximum atomic E-state index is 12.6. The van der Waals surface area contributed by atoms with E-state index in [0.717, 1.165) is 38.2 Å². The Morgan fingerprint density at radius 2 is 1.72 bits per heavy atom. The van der Waals surface area contributed by atoms with E-state index in [0.29, 0.717) is 17.9 Å². The van der Waals surface area contributed by atoms with Crippen LogP contribution in [0, 0.1) is 0 Å². The summed E-state index contributed by atoms with van der Waals surface area (Å²) in [4.78, 5) is 14.8. The Morgan fingerprint density at radius 3 is 2.41 bits per heavy atom. The Labute approximate surface area is 168 Å². The number of hydrogen-bond acceptors (Lipinski definition) is 3. The first-order chi connectivity index (χ1) is 13.9. The van der Waals surface area contributed by atoms with Crippen molar-refractivity contribution >= 4 is 5.91 Å². The Balaban J connectivity index is 1.50. The van der Waals surface area contributed by atoms with Crippen molar-refractivity contribution in [1.82, 2.24) is 10.2 Å². The maximum absolute atomic E-state index is 12.6. The summed E-state index contributed by atoms with van der Waals surface area (Å²) in [6, 6.07) is 11.1. The first kappa shape index (κ1) is 21.2. The number of carbonyl (C=O) groups is 1. The van der Waals surface area contributed by atoms with Crippen molar-refractivity contribution in [3.8, 4) is 11.5 Å². The second-order valence-corrected chi connectivity index (χ2v) is 7.16. The van der Waals surface area contributed by atoms with E-state index < -0.39 is 11.7 Å². The normalized spacial score (nSPS) is 15.1. The smallest absolute Gasteiger partial charge is 0.416 e. The van der Waals surface area contributed by atoms with E-state index in [2.05, 4.69) is 10.2 Å². The van der Waals surface area contributed by atoms with E-state index >= 15 is 0 Å². The van der Waals surface area contributed by atoms with Crippen LogP contribution < -0.4 is 10.1 Å². The molecule has 156 valence electrons. The molecule has 0 spiro atoms. The lowest BCUT2D eigenvalue weighted by Gasteiger charge is -2.26. The number of ether oxygens (including phenoxy) is 1. The molecule has 4 nitrogen and oxygen atoms in total. The number of piperidine rings is 1. The molecule has 3 rings (SSSR count). The van der Waals surface area contributed by atoms with Crippen LogP contribution in [0.2, 0.25) is 0 Å². The van der Waals surface area contributed by atoms with Crippen molar-refractivity contribution in [2.75, 3.05) is 26.2 Å². The molecule has 0 atom stereocenters. The number of hydrogen-bond donors (Lipinski definition) is 1. The van der Waals surface area contributed by atoms with Gasteiger partial charge in [0, 0.05) is 12.1 Å². The van der Waals surface area contributed by atoms with Gasteiger partial charge in [-0.15, -0.1) is 0 Å². The minimum absolute atomic E-state index is 0.193. The predicted molar refractivity (Wildman–Crippen MR) is 105 cm³/mol. The molecule has 7 heteroatoms. The number of benzene rings is 2. The molecule has 1 N–H and O–H groups in total. The van der Waals surface area contributed by atoms with Gasteiger partial charge in [-0.05, 0) is 81.4 Å². The van der Waals surface area contributed by atoms with Crippen LogP contribution in [0.5, 0.6) is 11.5 Å². The highest BCUT2D eigenvalue weighted by atomic mass is 19.4. The van der Waals surface area contributed by atoms with E-state index in [1.54, 1.807) is 24.3 Å². The van der Waals surface area contributed by atoms with E-state index in [9.17, 15) is 18.0 Å². The zero-order valence-corrected chi connectivity index (χ0v) is 16.2. The summed E-state index contributed by atoms with van der Waals surface area (Å²) in [6.07, 6.45) is 0.312. The van der Waals surface area contributed by atoms with Crippen LogP contribution in [0.4, 0.5) is 13.2 Å². The number of rotatable bonds is 7. The van der Waals surface area contributed by atoms with Crippen molar-refractivity contribution in [2.24, 2.45) is 0 Å². The van der Waals surface area contributed by atoms with Gasteiger partial charge in [0.25, 0.3) is 5.91 Å². The number of nitrogens with zero attached hydrogens (tertiary/aromatic N) is 1. The zero-order valence-electron chi connectivity index (χ0n) is 16.2. The van der Waals surface area contributed by atoms with Crippen LogP contribution in [0.3, 0.4) is 0 Å². The minimum Gasteiger partial charge on any atom is -0.457 e. The van der Waals surface area contributed by atoms with Crippen LogP contribution in [0.15, 0.2) is 48.5 Å². The van der Waals surface area contributed by atoms with Gasteiger partial charge in [0.05, 0.1) is 5.56 Å². The fraction of sp³-hybridized carbons (Fsp3) is 0.409. The van der Waals surface area contributed by atoms with Gasteiger partial charge in [-0.25, -0.2) is 0 Å². The predicted octanol–water partition coefficient (Wildman–Crippen LogP) is 5.10. The molecule has 1 fully saturated rings. The topological polar surface area (TPSA) is 41.6 Å². The monoisotopic (exact) mass is 406 g/mol. The number of likely N-dealkylation sites (tertiary alicyclic amines) is 1. The molecule has 2 aromatic carbocycles. The van der Waals surface area contributed by atoms with Crippen LogP contribution >= 0.6 is 0 Å². The molecule has 0 aromatic heterocycles. The minimum atomic E-state index is -4.38. The summed E-state index contributed by atoms with van der Waals surface area (Å²) < 4.78 is 43.5. The number of carbonyl (C=O) groups excluding carboxylic acids is 1. The number of halogens is 3. The molecular weight excluding hydrogens is 381 g/mol. The highest BCUT2D eigenvalue weighted by molar-refractivity contribution is 5.94. The lowest BCUT2D eigenvalue weighted by molar-refractivity contribution is -0.137. The molecule has 0 saturated carbocycles. The quantitative estimate of drug-likeness (QED) is 0.650. The Morgan fingerprint density at radius 1 is 1.00 bits per heavy atom. The van der Waals surface area contributed by atoms with Crippen molar-refractivity contribution in [3.05, 3.63) is 59.7 Å². The van der Waals surface area contributed by atoms with E-state index in [-0.39, 0.29) is 11.7 Å². The van der Waals surface area contributed by atoms with E-state index in [4.69, 9.17) is 4.74 Å². The lowest BCUT2D eigenvalue weighted by Crippen LogP contribution is -2.33. The summed E-state index contributed by atoms with van der Waals surface area (Å²) in [5.74, 6) is 0.476. The molecule has 1 saturated heterocycles. The van der Waals surface area contributed by atoms with Gasteiger partial charge in [0.2, 0.25) is 0 Å². The van der Waals surface area contributed by atoms with Crippen molar-refractivity contribution in [3.63, 3.8) is 0 Å². The first-order valence-electron chi connectivity index (χ1n) is 9.87. The van der Waals surface area contributed by atoms with Crippen LogP contribution in [0.1, 0.15) is 41.6 Å². The molecule has 0 radical (unpaired) electrons. The van der Waals surface area contributed by atoms with Gasteiger partial charge in [-0.3, -0.25) is 4.79 Å². The fourth-order valence-electron chi connectivity index (χ4n) is 3.34. The summed E-state index contributed by atoms with van der Waals surface area (Å²) in [5, 5.41) is 2.91. The largest absolute Gasteiger partial charge is 0.457 e. The number of amides is 1. The average molecular weight is 406 g/mol. The van der Waals surface area contributed by atoms with Gasteiger partial charge < -0.3 is 15.0 Å². The molecular formula is C22H25F3N2O2. The molecule has 1 aliphatic heterocycles. The molecule has 1 aliphatic rings. The number of nitrogens with one attached hydrogen (secondary N) is 1. The highest BCUT2D eigenvalue weighted by Crippen LogP contribution is 2.31. The lowest BCUT2D eigenvalue weighted by atomic mass is 10.1. The molecule has 1 heterocycles. The standard InChI is InChI=1S/C22H25F3N2O2/c23-22(24,25)18-8-10-19(11-9-18)29-20-7-4-6-17(16-20)21(28)26-12-5-15-27-13-2-1-3-14-27/h4,6-11,16H,1-3,5,12-15H2,(H,26,28). The molecule has 0 unspecified atom stereocenters. The SMILES string of the molecule is O=C(NCCCN1CCCCC1)c1cccc(Oc2ccc(C(F)(F)F)cc2)c1. The third kappa shape index (κ3) is 6.49. The molecule has 29 heavy (non-hydrogen) atoms. The molecule has 0 bridgehead atoms. The van der Waals surface area contributed by atoms with Crippen LogP contribution in [-0.4, -0.2) is 37.0 Å².